The zero-order valence-corrected chi connectivity index (χ0v) is 14.0. The van der Waals surface area contributed by atoms with Crippen LogP contribution in [0.1, 0.15) is 0 Å². The lowest BCUT2D eigenvalue weighted by molar-refractivity contribution is -0.386. The van der Waals surface area contributed by atoms with Crippen molar-refractivity contribution in [1.82, 2.24) is 0 Å². The van der Waals surface area contributed by atoms with Crippen molar-refractivity contribution in [3.05, 3.63) is 52.6 Å². The number of benzene rings is 2. The Balaban J connectivity index is 2.35. The number of anilines is 1. The fourth-order valence-electron chi connectivity index (χ4n) is 1.85. The molecule has 0 spiro atoms. The van der Waals surface area contributed by atoms with Crippen LogP contribution in [0, 0.1) is 10.1 Å². The van der Waals surface area contributed by atoms with Gasteiger partial charge in [0, 0.05) is 16.6 Å². The van der Waals surface area contributed by atoms with Crippen molar-refractivity contribution in [2.45, 2.75) is 9.79 Å². The number of nitrogens with one attached hydrogen (secondary N) is 1. The summed E-state index contributed by atoms with van der Waals surface area (Å²) in [7, 11) is -2.65. The summed E-state index contributed by atoms with van der Waals surface area (Å²) in [6.45, 7) is 0. The van der Waals surface area contributed by atoms with Crippen molar-refractivity contribution in [2.75, 3.05) is 18.1 Å². The molecule has 7 nitrogen and oxygen atoms in total. The maximum atomic E-state index is 12.4. The van der Waals surface area contributed by atoms with Crippen LogP contribution in [0.5, 0.6) is 5.75 Å². The maximum Gasteiger partial charge on any atom is 0.312 e. The van der Waals surface area contributed by atoms with Crippen LogP contribution >= 0.6 is 11.8 Å². The molecule has 0 saturated heterocycles. The molecule has 2 aromatic rings. The Morgan fingerprint density at radius 1 is 1.17 bits per heavy atom. The third kappa shape index (κ3) is 3.93. The van der Waals surface area contributed by atoms with Gasteiger partial charge in [0.1, 0.15) is 0 Å². The van der Waals surface area contributed by atoms with Crippen molar-refractivity contribution < 1.29 is 18.1 Å². The number of methoxy groups -OCH3 is 1. The molecule has 0 atom stereocenters. The average molecular weight is 354 g/mol. The van der Waals surface area contributed by atoms with Crippen LogP contribution in [0.4, 0.5) is 11.4 Å². The monoisotopic (exact) mass is 354 g/mol. The first-order chi connectivity index (χ1) is 10.9. The van der Waals surface area contributed by atoms with Crippen molar-refractivity contribution in [3.63, 3.8) is 0 Å². The van der Waals surface area contributed by atoms with Gasteiger partial charge in [0.05, 0.1) is 16.9 Å². The van der Waals surface area contributed by atoms with Crippen LogP contribution in [-0.4, -0.2) is 26.7 Å². The van der Waals surface area contributed by atoms with Crippen LogP contribution in [0.25, 0.3) is 0 Å². The topological polar surface area (TPSA) is 98.5 Å². The quantitative estimate of drug-likeness (QED) is 0.486. The van der Waals surface area contributed by atoms with Gasteiger partial charge in [-0.1, -0.05) is 0 Å². The number of hydrogen-bond acceptors (Lipinski definition) is 6. The Kier molecular flexibility index (Phi) is 5.12. The Morgan fingerprint density at radius 3 is 2.35 bits per heavy atom. The highest BCUT2D eigenvalue weighted by Gasteiger charge is 2.22. The van der Waals surface area contributed by atoms with Crippen LogP contribution < -0.4 is 9.46 Å². The highest BCUT2D eigenvalue weighted by molar-refractivity contribution is 7.98. The predicted molar refractivity (Wildman–Crippen MR) is 88.7 cm³/mol. The van der Waals surface area contributed by atoms with Crippen LogP contribution in [-0.2, 0) is 10.0 Å². The summed E-state index contributed by atoms with van der Waals surface area (Å²) in [4.78, 5) is 11.1. The fourth-order valence-corrected chi connectivity index (χ4v) is 3.34. The van der Waals surface area contributed by atoms with E-state index in [0.717, 1.165) is 11.0 Å². The van der Waals surface area contributed by atoms with Crippen molar-refractivity contribution in [3.8, 4) is 5.75 Å². The molecule has 0 radical (unpaired) electrons. The van der Waals surface area contributed by atoms with E-state index in [1.807, 2.05) is 6.26 Å². The SMILES string of the molecule is COc1ccc(S(=O)(=O)Nc2ccc(SC)cc2)cc1[N+](=O)[O-]. The normalized spacial score (nSPS) is 11.0. The standard InChI is InChI=1S/C14H14N2O5S2/c1-21-14-8-7-12(9-13(14)16(17)18)23(19,20)15-10-3-5-11(22-2)6-4-10/h3-9,15H,1-2H3. The molecule has 2 rings (SSSR count). The minimum Gasteiger partial charge on any atom is -0.490 e. The van der Waals surface area contributed by atoms with Gasteiger partial charge in [-0.05, 0) is 42.7 Å². The van der Waals surface area contributed by atoms with Crippen LogP contribution in [0.3, 0.4) is 0 Å². The van der Waals surface area contributed by atoms with Gasteiger partial charge in [0.2, 0.25) is 0 Å². The minimum absolute atomic E-state index is 0.00160. The number of hydrogen-bond donors (Lipinski definition) is 1. The molecular formula is C14H14N2O5S2. The number of thioether (sulfide) groups is 1. The van der Waals surface area contributed by atoms with Gasteiger partial charge >= 0.3 is 5.69 Å². The molecule has 23 heavy (non-hydrogen) atoms. The van der Waals surface area contributed by atoms with Gasteiger partial charge in [-0.3, -0.25) is 14.8 Å². The summed E-state index contributed by atoms with van der Waals surface area (Å²) in [5, 5.41) is 11.0. The molecule has 0 amide bonds. The number of ether oxygens (including phenoxy) is 1. The molecule has 122 valence electrons. The van der Waals surface area contributed by atoms with E-state index in [4.69, 9.17) is 4.74 Å². The Bertz CT molecular complexity index is 820. The van der Waals surface area contributed by atoms with E-state index >= 15 is 0 Å². The Hall–Kier alpha value is -2.26. The largest absolute Gasteiger partial charge is 0.490 e. The van der Waals surface area contributed by atoms with Gasteiger partial charge in [-0.25, -0.2) is 8.42 Å². The third-order valence-electron chi connectivity index (χ3n) is 3.00. The highest BCUT2D eigenvalue weighted by atomic mass is 32.2. The summed E-state index contributed by atoms with van der Waals surface area (Å²) in [6, 6.07) is 10.3. The molecule has 0 bridgehead atoms. The molecule has 0 saturated carbocycles. The minimum atomic E-state index is -3.93. The Morgan fingerprint density at radius 2 is 1.83 bits per heavy atom. The maximum absolute atomic E-state index is 12.4. The van der Waals surface area contributed by atoms with E-state index in [1.165, 1.54) is 31.0 Å². The van der Waals surface area contributed by atoms with Crippen molar-refractivity contribution >= 4 is 33.2 Å². The van der Waals surface area contributed by atoms with Gasteiger partial charge < -0.3 is 4.74 Å². The predicted octanol–water partition coefficient (Wildman–Crippen LogP) is 3.13. The fraction of sp³-hybridized carbons (Fsp3) is 0.143. The molecular weight excluding hydrogens is 340 g/mol. The van der Waals surface area contributed by atoms with E-state index in [2.05, 4.69) is 4.72 Å². The zero-order valence-electron chi connectivity index (χ0n) is 12.3. The summed E-state index contributed by atoms with van der Waals surface area (Å²) in [5.41, 5.74) is -0.0330. The molecule has 2 aromatic carbocycles. The van der Waals surface area contributed by atoms with Gasteiger partial charge in [-0.15, -0.1) is 11.8 Å². The number of nitro groups is 1. The first-order valence-corrected chi connectivity index (χ1v) is 9.07. The smallest absolute Gasteiger partial charge is 0.312 e. The second-order valence-electron chi connectivity index (χ2n) is 4.42. The summed E-state index contributed by atoms with van der Waals surface area (Å²) < 4.78 is 31.9. The average Bonchev–Trinajstić information content (AvgIpc) is 2.54. The van der Waals surface area contributed by atoms with Gasteiger partial charge in [0.25, 0.3) is 10.0 Å². The van der Waals surface area contributed by atoms with Crippen molar-refractivity contribution in [1.29, 1.82) is 0 Å². The van der Waals surface area contributed by atoms with Gasteiger partial charge in [0.15, 0.2) is 5.75 Å². The van der Waals surface area contributed by atoms with Gasteiger partial charge in [-0.2, -0.15) is 0 Å². The van der Waals surface area contributed by atoms with E-state index in [0.29, 0.717) is 5.69 Å². The molecule has 0 aliphatic rings. The molecule has 0 aliphatic heterocycles. The lowest BCUT2D eigenvalue weighted by atomic mass is 10.3. The summed E-state index contributed by atoms with van der Waals surface area (Å²) >= 11 is 1.54. The molecule has 0 unspecified atom stereocenters. The zero-order chi connectivity index (χ0) is 17.0. The number of sulfonamides is 1. The second kappa shape index (κ2) is 6.88. The molecule has 0 aromatic heterocycles. The van der Waals surface area contributed by atoms with Crippen LogP contribution in [0.15, 0.2) is 52.3 Å². The Labute approximate surface area is 137 Å². The summed E-state index contributed by atoms with van der Waals surface area (Å²) in [6.07, 6.45) is 1.91. The highest BCUT2D eigenvalue weighted by Crippen LogP contribution is 2.30. The molecule has 0 heterocycles. The van der Waals surface area contributed by atoms with Crippen molar-refractivity contribution in [2.24, 2.45) is 0 Å². The van der Waals surface area contributed by atoms with Crippen LogP contribution in [0.2, 0.25) is 0 Å². The number of nitro benzene ring substituents is 1. The molecule has 1 N–H and O–H groups in total. The van der Waals surface area contributed by atoms with E-state index in [9.17, 15) is 18.5 Å². The molecule has 9 heteroatoms. The molecule has 0 aliphatic carbocycles. The van der Waals surface area contributed by atoms with E-state index < -0.39 is 20.6 Å². The third-order valence-corrected chi connectivity index (χ3v) is 5.12. The lowest BCUT2D eigenvalue weighted by Crippen LogP contribution is -2.13. The number of rotatable bonds is 6. The van der Waals surface area contributed by atoms with E-state index in [-0.39, 0.29) is 10.6 Å². The number of nitrogens with zero attached hydrogens (tertiary/aromatic N) is 1. The first kappa shape index (κ1) is 17.1. The first-order valence-electron chi connectivity index (χ1n) is 6.36. The second-order valence-corrected chi connectivity index (χ2v) is 6.99. The van der Waals surface area contributed by atoms with E-state index in [1.54, 1.807) is 24.3 Å². The lowest BCUT2D eigenvalue weighted by Gasteiger charge is -2.09. The summed E-state index contributed by atoms with van der Waals surface area (Å²) in [5.74, 6) is -0.00160. The molecule has 0 fully saturated rings.